The Morgan fingerprint density at radius 2 is 1.75 bits per heavy atom. The molecule has 3 heteroatoms. The van der Waals surface area contributed by atoms with Crippen LogP contribution in [0.1, 0.15) is 5.69 Å². The van der Waals surface area contributed by atoms with Crippen LogP contribution in [0, 0.1) is 6.92 Å². The lowest BCUT2D eigenvalue weighted by molar-refractivity contribution is 0.473. The first-order valence-electron chi connectivity index (χ1n) is 6.35. The van der Waals surface area contributed by atoms with Gasteiger partial charge in [-0.3, -0.25) is 9.78 Å². The fourth-order valence-corrected chi connectivity index (χ4v) is 2.21. The Hall–Kier alpha value is -2.68. The highest BCUT2D eigenvalue weighted by molar-refractivity contribution is 5.84. The van der Waals surface area contributed by atoms with E-state index in [2.05, 4.69) is 4.98 Å². The van der Waals surface area contributed by atoms with E-state index in [0.717, 1.165) is 16.6 Å². The molecule has 0 bridgehead atoms. The first-order valence-corrected chi connectivity index (χ1v) is 6.35. The average molecular weight is 263 g/mol. The fraction of sp³-hybridized carbons (Fsp3) is 0.0588. The minimum absolute atomic E-state index is 0.244. The molecule has 0 radical (unpaired) electrons. The van der Waals surface area contributed by atoms with Crippen LogP contribution in [-0.2, 0) is 0 Å². The molecule has 98 valence electrons. The van der Waals surface area contributed by atoms with Crippen LogP contribution in [0.15, 0.2) is 59.4 Å². The third-order valence-electron chi connectivity index (χ3n) is 3.24. The summed E-state index contributed by atoms with van der Waals surface area (Å²) in [5, 5.41) is 10.9. The second kappa shape index (κ2) is 4.78. The van der Waals surface area contributed by atoms with E-state index in [-0.39, 0.29) is 5.75 Å². The second-order valence-corrected chi connectivity index (χ2v) is 4.71. The maximum Gasteiger partial charge on any atom is 0.221 e. The molecular weight excluding hydrogens is 250 g/mol. The zero-order valence-electron chi connectivity index (χ0n) is 11.0. The molecule has 3 nitrogen and oxygen atoms in total. The monoisotopic (exact) mass is 263 g/mol. The van der Waals surface area contributed by atoms with Crippen LogP contribution in [0.4, 0.5) is 0 Å². The molecule has 3 aromatic rings. The summed E-state index contributed by atoms with van der Waals surface area (Å²) in [6.07, 6.45) is 0. The van der Waals surface area contributed by atoms with Gasteiger partial charge < -0.3 is 5.11 Å². The number of rotatable bonds is 1. The van der Waals surface area contributed by atoms with Gasteiger partial charge in [-0.05, 0) is 30.7 Å². The van der Waals surface area contributed by atoms with Gasteiger partial charge in [-0.15, -0.1) is 0 Å². The topological polar surface area (TPSA) is 50.2 Å². The summed E-state index contributed by atoms with van der Waals surface area (Å²) in [6.45, 7) is 1.90. The minimum Gasteiger partial charge on any atom is -0.504 e. The van der Waals surface area contributed by atoms with Crippen molar-refractivity contribution in [2.75, 3.05) is 0 Å². The summed E-state index contributed by atoms with van der Waals surface area (Å²) in [7, 11) is 0. The van der Waals surface area contributed by atoms with Crippen molar-refractivity contribution in [1.82, 2.24) is 4.98 Å². The molecule has 0 spiro atoms. The van der Waals surface area contributed by atoms with E-state index in [1.54, 1.807) is 6.07 Å². The van der Waals surface area contributed by atoms with E-state index in [4.69, 9.17) is 0 Å². The molecular formula is C17H13NO2. The van der Waals surface area contributed by atoms with Crippen molar-refractivity contribution in [3.8, 4) is 16.9 Å². The molecule has 0 unspecified atom stereocenters. The zero-order valence-corrected chi connectivity index (χ0v) is 11.0. The Bertz CT molecular complexity index is 842. The largest absolute Gasteiger partial charge is 0.504 e. The Morgan fingerprint density at radius 1 is 1.00 bits per heavy atom. The molecule has 0 aliphatic heterocycles. The van der Waals surface area contributed by atoms with Crippen LogP contribution in [0.3, 0.4) is 0 Å². The van der Waals surface area contributed by atoms with Crippen molar-refractivity contribution in [1.29, 1.82) is 0 Å². The SMILES string of the molecule is Cc1ccc2cc(=O)c(O)c(-c3ccccc3)cc2n1. The molecule has 0 saturated carbocycles. The Morgan fingerprint density at radius 3 is 2.50 bits per heavy atom. The summed E-state index contributed by atoms with van der Waals surface area (Å²) in [6, 6.07) is 16.2. The second-order valence-electron chi connectivity index (χ2n) is 4.71. The third-order valence-corrected chi connectivity index (χ3v) is 3.24. The van der Waals surface area contributed by atoms with Gasteiger partial charge in [0.05, 0.1) is 5.52 Å². The summed E-state index contributed by atoms with van der Waals surface area (Å²) in [4.78, 5) is 16.5. The van der Waals surface area contributed by atoms with Gasteiger partial charge in [0, 0.05) is 16.6 Å². The van der Waals surface area contributed by atoms with Gasteiger partial charge in [-0.25, -0.2) is 0 Å². The van der Waals surface area contributed by atoms with Gasteiger partial charge in [0.2, 0.25) is 5.43 Å². The Labute approximate surface area is 116 Å². The molecule has 20 heavy (non-hydrogen) atoms. The molecule has 0 aliphatic rings. The van der Waals surface area contributed by atoms with E-state index in [1.165, 1.54) is 6.07 Å². The van der Waals surface area contributed by atoms with E-state index in [9.17, 15) is 9.90 Å². The molecule has 1 heterocycles. The highest BCUT2D eigenvalue weighted by Gasteiger charge is 2.08. The average Bonchev–Trinajstić information content (AvgIpc) is 2.58. The number of nitrogens with zero attached hydrogens (tertiary/aromatic N) is 1. The van der Waals surface area contributed by atoms with Crippen LogP contribution < -0.4 is 5.43 Å². The normalized spacial score (nSPS) is 10.7. The number of benzene rings is 1. The number of pyridine rings is 1. The number of aryl methyl sites for hydroxylation is 1. The third kappa shape index (κ3) is 2.14. The smallest absolute Gasteiger partial charge is 0.221 e. The summed E-state index contributed by atoms with van der Waals surface area (Å²) in [5.74, 6) is -0.244. The highest BCUT2D eigenvalue weighted by atomic mass is 16.3. The van der Waals surface area contributed by atoms with E-state index < -0.39 is 5.43 Å². The van der Waals surface area contributed by atoms with Crippen LogP contribution in [0.25, 0.3) is 22.0 Å². The van der Waals surface area contributed by atoms with Crippen molar-refractivity contribution in [3.05, 3.63) is 70.5 Å². The van der Waals surface area contributed by atoms with Crippen molar-refractivity contribution < 1.29 is 5.11 Å². The summed E-state index contributed by atoms with van der Waals surface area (Å²) < 4.78 is 0. The molecule has 3 rings (SSSR count). The van der Waals surface area contributed by atoms with Gasteiger partial charge in [0.25, 0.3) is 0 Å². The summed E-state index contributed by atoms with van der Waals surface area (Å²) >= 11 is 0. The lowest BCUT2D eigenvalue weighted by atomic mass is 10.1. The fourth-order valence-electron chi connectivity index (χ4n) is 2.21. The lowest BCUT2D eigenvalue weighted by Crippen LogP contribution is -1.94. The maximum atomic E-state index is 12.0. The molecule has 0 saturated heterocycles. The van der Waals surface area contributed by atoms with Crippen molar-refractivity contribution >= 4 is 10.9 Å². The van der Waals surface area contributed by atoms with Gasteiger partial charge in [-0.1, -0.05) is 36.4 Å². The Kier molecular flexibility index (Phi) is 2.95. The number of aromatic hydroxyl groups is 1. The summed E-state index contributed by atoms with van der Waals surface area (Å²) in [5.41, 5.74) is 2.46. The van der Waals surface area contributed by atoms with E-state index >= 15 is 0 Å². The highest BCUT2D eigenvalue weighted by Crippen LogP contribution is 2.27. The van der Waals surface area contributed by atoms with Crippen molar-refractivity contribution in [2.45, 2.75) is 6.92 Å². The quantitative estimate of drug-likeness (QED) is 0.733. The number of aromatic nitrogens is 1. The van der Waals surface area contributed by atoms with Crippen LogP contribution in [-0.4, -0.2) is 10.1 Å². The van der Waals surface area contributed by atoms with Crippen molar-refractivity contribution in [2.24, 2.45) is 0 Å². The number of hydrogen-bond donors (Lipinski definition) is 1. The molecule has 0 amide bonds. The van der Waals surface area contributed by atoms with Gasteiger partial charge in [-0.2, -0.15) is 0 Å². The molecule has 0 fully saturated rings. The number of hydrogen-bond acceptors (Lipinski definition) is 3. The molecule has 0 atom stereocenters. The predicted octanol–water partition coefficient (Wildman–Crippen LogP) is 3.28. The van der Waals surface area contributed by atoms with Crippen LogP contribution in [0.2, 0.25) is 0 Å². The lowest BCUT2D eigenvalue weighted by Gasteiger charge is -2.00. The van der Waals surface area contributed by atoms with Gasteiger partial charge in [0.1, 0.15) is 0 Å². The van der Waals surface area contributed by atoms with Gasteiger partial charge in [0.15, 0.2) is 5.75 Å². The molecule has 2 aromatic carbocycles. The number of fused-ring (bicyclic) bond motifs is 1. The molecule has 1 N–H and O–H groups in total. The van der Waals surface area contributed by atoms with E-state index in [0.29, 0.717) is 11.1 Å². The van der Waals surface area contributed by atoms with E-state index in [1.807, 2.05) is 49.4 Å². The van der Waals surface area contributed by atoms with Crippen LogP contribution >= 0.6 is 0 Å². The van der Waals surface area contributed by atoms with Crippen molar-refractivity contribution in [3.63, 3.8) is 0 Å². The maximum absolute atomic E-state index is 12.0. The predicted molar refractivity (Wildman–Crippen MR) is 79.9 cm³/mol. The Balaban J connectivity index is 2.43. The minimum atomic E-state index is -0.399. The van der Waals surface area contributed by atoms with Gasteiger partial charge >= 0.3 is 0 Å². The van der Waals surface area contributed by atoms with Crippen LogP contribution in [0.5, 0.6) is 5.75 Å². The molecule has 1 aromatic heterocycles. The first kappa shape index (κ1) is 12.4. The first-order chi connectivity index (χ1) is 9.65. The molecule has 0 aliphatic carbocycles. The standard InChI is InChI=1S/C17H13NO2/c1-11-7-8-13-9-16(19)17(20)14(10-15(13)18-11)12-5-3-2-4-6-12/h2-10H,1H3,(H,19,20). The zero-order chi connectivity index (χ0) is 14.1.